The van der Waals surface area contributed by atoms with Crippen LogP contribution in [0.4, 0.5) is 0 Å². The second-order valence-corrected chi connectivity index (χ2v) is 6.67. The second kappa shape index (κ2) is 3.29. The van der Waals surface area contributed by atoms with Gasteiger partial charge in [0.2, 0.25) is 0 Å². The molecule has 1 aromatic heterocycles. The molecule has 0 radical (unpaired) electrons. The lowest BCUT2D eigenvalue weighted by molar-refractivity contribution is 0.584. The Labute approximate surface area is 95.9 Å². The van der Waals surface area contributed by atoms with E-state index in [0.717, 1.165) is 6.54 Å². The van der Waals surface area contributed by atoms with Crippen molar-refractivity contribution in [1.29, 1.82) is 0 Å². The van der Waals surface area contributed by atoms with E-state index >= 15 is 0 Å². The zero-order valence-electron chi connectivity index (χ0n) is 10.1. The van der Waals surface area contributed by atoms with Gasteiger partial charge in [0, 0.05) is 22.3 Å². The van der Waals surface area contributed by atoms with Crippen LogP contribution in [0.1, 0.15) is 49.2 Å². The van der Waals surface area contributed by atoms with Crippen LogP contribution >= 0.6 is 11.3 Å². The Morgan fingerprint density at radius 3 is 2.33 bits per heavy atom. The first-order valence-corrected chi connectivity index (χ1v) is 6.39. The average molecular weight is 224 g/mol. The molecular formula is C12H20N2S. The molecule has 2 N–H and O–H groups in total. The Balaban J connectivity index is 2.39. The summed E-state index contributed by atoms with van der Waals surface area (Å²) in [6, 6.07) is 0. The van der Waals surface area contributed by atoms with E-state index in [2.05, 4.69) is 27.7 Å². The smallest absolute Gasteiger partial charge is 0.0984 e. The monoisotopic (exact) mass is 224 g/mol. The summed E-state index contributed by atoms with van der Waals surface area (Å²) in [7, 11) is 0. The van der Waals surface area contributed by atoms with E-state index < -0.39 is 0 Å². The minimum atomic E-state index is 0.165. The van der Waals surface area contributed by atoms with Crippen molar-refractivity contribution in [2.24, 2.45) is 5.73 Å². The minimum Gasteiger partial charge on any atom is -0.330 e. The summed E-state index contributed by atoms with van der Waals surface area (Å²) < 4.78 is 0. The van der Waals surface area contributed by atoms with Gasteiger partial charge in [0.15, 0.2) is 0 Å². The van der Waals surface area contributed by atoms with Crippen LogP contribution in [0, 0.1) is 6.92 Å². The van der Waals surface area contributed by atoms with Crippen LogP contribution in [-0.2, 0) is 10.8 Å². The largest absolute Gasteiger partial charge is 0.330 e. The fourth-order valence-corrected chi connectivity index (χ4v) is 3.26. The molecule has 0 spiro atoms. The summed E-state index contributed by atoms with van der Waals surface area (Å²) >= 11 is 1.87. The summed E-state index contributed by atoms with van der Waals surface area (Å²) in [6.07, 6.45) is 2.49. The van der Waals surface area contributed by atoms with E-state index in [0.29, 0.717) is 5.41 Å². The van der Waals surface area contributed by atoms with Gasteiger partial charge in [0.25, 0.3) is 0 Å². The highest BCUT2D eigenvalue weighted by Gasteiger charge is 2.46. The number of hydrogen-bond donors (Lipinski definition) is 1. The van der Waals surface area contributed by atoms with E-state index in [9.17, 15) is 0 Å². The maximum absolute atomic E-state index is 5.87. The van der Waals surface area contributed by atoms with E-state index in [1.165, 1.54) is 28.4 Å². The van der Waals surface area contributed by atoms with Crippen molar-refractivity contribution in [2.75, 3.05) is 6.54 Å². The molecule has 1 heterocycles. The average Bonchev–Trinajstić information content (AvgIpc) is 2.82. The van der Waals surface area contributed by atoms with Crippen molar-refractivity contribution >= 4 is 11.3 Å². The topological polar surface area (TPSA) is 38.9 Å². The Hall–Kier alpha value is -0.410. The number of thiazole rings is 1. The highest BCUT2D eigenvalue weighted by Crippen LogP contribution is 2.51. The second-order valence-electron chi connectivity index (χ2n) is 5.67. The lowest BCUT2D eigenvalue weighted by Crippen LogP contribution is -2.19. The van der Waals surface area contributed by atoms with Crippen LogP contribution in [0.5, 0.6) is 0 Å². The summed E-state index contributed by atoms with van der Waals surface area (Å²) in [4.78, 5) is 6.14. The van der Waals surface area contributed by atoms with Crippen molar-refractivity contribution in [2.45, 2.75) is 51.4 Å². The van der Waals surface area contributed by atoms with Gasteiger partial charge in [-0.3, -0.25) is 0 Å². The minimum absolute atomic E-state index is 0.165. The Morgan fingerprint density at radius 2 is 2.00 bits per heavy atom. The van der Waals surface area contributed by atoms with Gasteiger partial charge in [0.05, 0.1) is 10.7 Å². The van der Waals surface area contributed by atoms with Crippen molar-refractivity contribution in [3.8, 4) is 0 Å². The summed E-state index contributed by atoms with van der Waals surface area (Å²) in [6.45, 7) is 9.56. The number of rotatable bonds is 2. The molecular weight excluding hydrogens is 204 g/mol. The van der Waals surface area contributed by atoms with Gasteiger partial charge in [-0.25, -0.2) is 4.98 Å². The lowest BCUT2D eigenvalue weighted by Gasteiger charge is -2.14. The van der Waals surface area contributed by atoms with Gasteiger partial charge in [0.1, 0.15) is 0 Å². The molecule has 2 rings (SSSR count). The van der Waals surface area contributed by atoms with E-state index in [1.807, 2.05) is 11.3 Å². The number of nitrogens with zero attached hydrogens (tertiary/aromatic N) is 1. The quantitative estimate of drug-likeness (QED) is 0.839. The normalized spacial score (nSPS) is 19.3. The fourth-order valence-electron chi connectivity index (χ4n) is 1.88. The van der Waals surface area contributed by atoms with Crippen molar-refractivity contribution in [1.82, 2.24) is 4.98 Å². The number of aromatic nitrogens is 1. The van der Waals surface area contributed by atoms with Crippen LogP contribution in [0.3, 0.4) is 0 Å². The zero-order chi connectivity index (χ0) is 11.3. The molecule has 0 saturated heterocycles. The van der Waals surface area contributed by atoms with Crippen LogP contribution in [0.2, 0.25) is 0 Å². The molecule has 0 aromatic carbocycles. The third-order valence-electron chi connectivity index (χ3n) is 3.16. The molecule has 3 heteroatoms. The molecule has 0 atom stereocenters. The van der Waals surface area contributed by atoms with Crippen molar-refractivity contribution in [3.63, 3.8) is 0 Å². The molecule has 84 valence electrons. The van der Waals surface area contributed by atoms with Crippen molar-refractivity contribution in [3.05, 3.63) is 15.6 Å². The van der Waals surface area contributed by atoms with Gasteiger partial charge in [-0.2, -0.15) is 0 Å². The number of hydrogen-bond acceptors (Lipinski definition) is 3. The molecule has 0 aliphatic heterocycles. The summed E-state index contributed by atoms with van der Waals surface area (Å²) in [5, 5.41) is 1.25. The van der Waals surface area contributed by atoms with Gasteiger partial charge in [-0.05, 0) is 19.8 Å². The van der Waals surface area contributed by atoms with Crippen LogP contribution in [0.25, 0.3) is 0 Å². The first-order valence-electron chi connectivity index (χ1n) is 5.57. The molecule has 15 heavy (non-hydrogen) atoms. The molecule has 1 saturated carbocycles. The van der Waals surface area contributed by atoms with Gasteiger partial charge < -0.3 is 5.73 Å². The SMILES string of the molecule is Cc1nc(C(C)(C)C)sc1C1(CN)CC1. The Morgan fingerprint density at radius 1 is 1.40 bits per heavy atom. The zero-order valence-corrected chi connectivity index (χ0v) is 10.9. The number of aryl methyl sites for hydroxylation is 1. The standard InChI is InChI=1S/C12H20N2S/c1-8-9(12(7-13)5-6-12)15-10(14-8)11(2,3)4/h5-7,13H2,1-4H3. The van der Waals surface area contributed by atoms with Gasteiger partial charge in [-0.15, -0.1) is 11.3 Å². The molecule has 0 unspecified atom stereocenters. The molecule has 1 aliphatic carbocycles. The third kappa shape index (κ3) is 1.83. The maximum atomic E-state index is 5.87. The van der Waals surface area contributed by atoms with Gasteiger partial charge in [-0.1, -0.05) is 20.8 Å². The maximum Gasteiger partial charge on any atom is 0.0984 e. The van der Waals surface area contributed by atoms with E-state index in [4.69, 9.17) is 10.7 Å². The van der Waals surface area contributed by atoms with E-state index in [-0.39, 0.29) is 5.41 Å². The van der Waals surface area contributed by atoms with Gasteiger partial charge >= 0.3 is 0 Å². The first kappa shape index (κ1) is 11.1. The molecule has 1 aliphatic rings. The number of nitrogens with two attached hydrogens (primary N) is 1. The van der Waals surface area contributed by atoms with Crippen LogP contribution in [-0.4, -0.2) is 11.5 Å². The van der Waals surface area contributed by atoms with E-state index in [1.54, 1.807) is 0 Å². The molecule has 1 aromatic rings. The van der Waals surface area contributed by atoms with Crippen LogP contribution in [0.15, 0.2) is 0 Å². The highest BCUT2D eigenvalue weighted by atomic mass is 32.1. The Kier molecular flexibility index (Phi) is 2.43. The van der Waals surface area contributed by atoms with Crippen molar-refractivity contribution < 1.29 is 0 Å². The summed E-state index contributed by atoms with van der Waals surface area (Å²) in [5.41, 5.74) is 7.53. The predicted octanol–water partition coefficient (Wildman–Crippen LogP) is 2.74. The fraction of sp³-hybridized carbons (Fsp3) is 0.750. The summed E-state index contributed by atoms with van der Waals surface area (Å²) in [5.74, 6) is 0. The third-order valence-corrected chi connectivity index (χ3v) is 4.99. The molecule has 1 fully saturated rings. The molecule has 0 bridgehead atoms. The highest BCUT2D eigenvalue weighted by molar-refractivity contribution is 7.12. The van der Waals surface area contributed by atoms with Crippen LogP contribution < -0.4 is 5.73 Å². The molecule has 2 nitrogen and oxygen atoms in total. The predicted molar refractivity (Wildman–Crippen MR) is 65.5 cm³/mol. The Bertz CT molecular complexity index is 369. The molecule has 0 amide bonds. The first-order chi connectivity index (χ1) is 6.89. The lowest BCUT2D eigenvalue weighted by atomic mass is 9.98.